The van der Waals surface area contributed by atoms with Crippen molar-refractivity contribution >= 4 is 0 Å². The normalized spacial score (nSPS) is 14.6. The van der Waals surface area contributed by atoms with Crippen LogP contribution in [0.15, 0.2) is 30.3 Å². The maximum Gasteiger partial charge on any atom is 0.401 e. The third-order valence-corrected chi connectivity index (χ3v) is 2.19. The fourth-order valence-corrected chi connectivity index (χ4v) is 1.46. The first-order valence-corrected chi connectivity index (χ1v) is 5.09. The monoisotopic (exact) mass is 271 g/mol. The smallest absolute Gasteiger partial charge is 0.301 e. The van der Waals surface area contributed by atoms with Gasteiger partial charge in [0.15, 0.2) is 0 Å². The molecule has 1 nitrogen and oxygen atoms in total. The Labute approximate surface area is 99.8 Å². The molecule has 18 heavy (non-hydrogen) atoms. The topological polar surface area (TPSA) is 12.0 Å². The molecule has 1 aromatic rings. The van der Waals surface area contributed by atoms with Crippen molar-refractivity contribution in [2.45, 2.75) is 24.8 Å². The van der Waals surface area contributed by atoms with Gasteiger partial charge in [-0.25, -0.2) is 0 Å². The van der Waals surface area contributed by atoms with Crippen molar-refractivity contribution < 1.29 is 26.3 Å². The van der Waals surface area contributed by atoms with E-state index in [4.69, 9.17) is 0 Å². The van der Waals surface area contributed by atoms with Gasteiger partial charge < -0.3 is 5.32 Å². The lowest BCUT2D eigenvalue weighted by molar-refractivity contribution is -0.148. The molecule has 0 aromatic heterocycles. The third kappa shape index (κ3) is 5.90. The molecule has 0 saturated heterocycles. The lowest BCUT2D eigenvalue weighted by Crippen LogP contribution is -2.34. The van der Waals surface area contributed by atoms with Crippen LogP contribution in [0.25, 0.3) is 0 Å². The van der Waals surface area contributed by atoms with Crippen LogP contribution in [0.3, 0.4) is 0 Å². The third-order valence-electron chi connectivity index (χ3n) is 2.19. The molecule has 0 aliphatic heterocycles. The van der Waals surface area contributed by atoms with Gasteiger partial charge in [0.25, 0.3) is 0 Å². The van der Waals surface area contributed by atoms with Crippen LogP contribution in [-0.2, 0) is 0 Å². The molecule has 1 rings (SSSR count). The second kappa shape index (κ2) is 5.60. The number of hydrogen-bond acceptors (Lipinski definition) is 1. The fourth-order valence-electron chi connectivity index (χ4n) is 1.46. The summed E-state index contributed by atoms with van der Waals surface area (Å²) in [6, 6.07) is 5.87. The van der Waals surface area contributed by atoms with Crippen LogP contribution < -0.4 is 5.32 Å². The maximum atomic E-state index is 12.3. The summed E-state index contributed by atoms with van der Waals surface area (Å²) in [5.74, 6) is 0. The first-order valence-electron chi connectivity index (χ1n) is 5.09. The van der Waals surface area contributed by atoms with Gasteiger partial charge in [-0.2, -0.15) is 26.3 Å². The van der Waals surface area contributed by atoms with Gasteiger partial charge in [0.05, 0.1) is 13.0 Å². The standard InChI is InChI=1S/C11H11F6N/c12-10(13,14)6-9(18-7-11(15,16)17)8-4-2-1-3-5-8/h1-5,9,18H,6-7H2. The molecule has 102 valence electrons. The fraction of sp³-hybridized carbons (Fsp3) is 0.455. The molecule has 0 radical (unpaired) electrons. The molecule has 0 spiro atoms. The van der Waals surface area contributed by atoms with Gasteiger partial charge in [-0.1, -0.05) is 30.3 Å². The summed E-state index contributed by atoms with van der Waals surface area (Å²) in [5.41, 5.74) is 0.180. The van der Waals surface area contributed by atoms with E-state index in [9.17, 15) is 26.3 Å². The summed E-state index contributed by atoms with van der Waals surface area (Å²) in [6.45, 7) is -1.46. The van der Waals surface area contributed by atoms with Crippen molar-refractivity contribution in [3.05, 3.63) is 35.9 Å². The molecular formula is C11H11F6N. The zero-order valence-corrected chi connectivity index (χ0v) is 9.15. The first-order chi connectivity index (χ1) is 8.17. The van der Waals surface area contributed by atoms with Crippen molar-refractivity contribution in [1.29, 1.82) is 0 Å². The lowest BCUT2D eigenvalue weighted by atomic mass is 10.0. The van der Waals surface area contributed by atoms with Crippen molar-refractivity contribution in [3.8, 4) is 0 Å². The number of alkyl halides is 6. The molecule has 0 aliphatic carbocycles. The van der Waals surface area contributed by atoms with Crippen LogP contribution >= 0.6 is 0 Å². The van der Waals surface area contributed by atoms with E-state index in [1.54, 1.807) is 6.07 Å². The Morgan fingerprint density at radius 1 is 0.889 bits per heavy atom. The average Bonchev–Trinajstić information content (AvgIpc) is 2.23. The van der Waals surface area contributed by atoms with E-state index < -0.39 is 31.4 Å². The van der Waals surface area contributed by atoms with Crippen molar-refractivity contribution in [3.63, 3.8) is 0 Å². The summed E-state index contributed by atoms with van der Waals surface area (Å²) >= 11 is 0. The molecule has 1 N–H and O–H groups in total. The SMILES string of the molecule is FC(F)(F)CNC(CC(F)(F)F)c1ccccc1. The van der Waals surface area contributed by atoms with E-state index in [0.717, 1.165) is 0 Å². The van der Waals surface area contributed by atoms with Crippen molar-refractivity contribution in [2.75, 3.05) is 6.54 Å². The second-order valence-corrected chi connectivity index (χ2v) is 3.78. The Kier molecular flexibility index (Phi) is 4.61. The van der Waals surface area contributed by atoms with E-state index in [0.29, 0.717) is 0 Å². The highest BCUT2D eigenvalue weighted by atomic mass is 19.4. The molecule has 0 fully saturated rings. The number of hydrogen-bond donors (Lipinski definition) is 1. The Morgan fingerprint density at radius 3 is 1.89 bits per heavy atom. The summed E-state index contributed by atoms with van der Waals surface area (Å²) < 4.78 is 72.9. The van der Waals surface area contributed by atoms with Gasteiger partial charge in [0, 0.05) is 6.04 Å². The van der Waals surface area contributed by atoms with E-state index in [1.165, 1.54) is 24.3 Å². The predicted octanol–water partition coefficient (Wildman–Crippen LogP) is 3.83. The molecule has 7 heteroatoms. The molecular weight excluding hydrogens is 260 g/mol. The van der Waals surface area contributed by atoms with E-state index in [1.807, 2.05) is 5.32 Å². The number of rotatable bonds is 4. The van der Waals surface area contributed by atoms with Gasteiger partial charge in [-0.3, -0.25) is 0 Å². The van der Waals surface area contributed by atoms with E-state index in [-0.39, 0.29) is 5.56 Å². The van der Waals surface area contributed by atoms with Crippen LogP contribution in [0, 0.1) is 0 Å². The largest absolute Gasteiger partial charge is 0.401 e. The van der Waals surface area contributed by atoms with Crippen LogP contribution in [0.5, 0.6) is 0 Å². The van der Waals surface area contributed by atoms with Crippen LogP contribution in [-0.4, -0.2) is 18.9 Å². The summed E-state index contributed by atoms with van der Waals surface area (Å²) in [6.07, 6.45) is -10.4. The molecule has 1 atom stereocenters. The molecule has 0 heterocycles. The number of nitrogens with one attached hydrogen (secondary N) is 1. The van der Waals surface area contributed by atoms with Gasteiger partial charge in [0.1, 0.15) is 0 Å². The summed E-state index contributed by atoms with van der Waals surface area (Å²) in [4.78, 5) is 0. The maximum absolute atomic E-state index is 12.3. The molecule has 0 amide bonds. The lowest BCUT2D eigenvalue weighted by Gasteiger charge is -2.21. The van der Waals surface area contributed by atoms with Crippen LogP contribution in [0.4, 0.5) is 26.3 Å². The highest BCUT2D eigenvalue weighted by Crippen LogP contribution is 2.30. The zero-order valence-electron chi connectivity index (χ0n) is 9.15. The summed E-state index contributed by atoms with van der Waals surface area (Å²) in [7, 11) is 0. The highest BCUT2D eigenvalue weighted by molar-refractivity contribution is 5.19. The van der Waals surface area contributed by atoms with Gasteiger partial charge in [-0.05, 0) is 5.56 Å². The van der Waals surface area contributed by atoms with E-state index >= 15 is 0 Å². The Bertz CT molecular complexity index is 356. The predicted molar refractivity (Wildman–Crippen MR) is 53.9 cm³/mol. The quantitative estimate of drug-likeness (QED) is 0.820. The Morgan fingerprint density at radius 2 is 1.44 bits per heavy atom. The molecule has 0 bridgehead atoms. The molecule has 1 unspecified atom stereocenters. The van der Waals surface area contributed by atoms with Gasteiger partial charge >= 0.3 is 12.4 Å². The van der Waals surface area contributed by atoms with Crippen molar-refractivity contribution in [1.82, 2.24) is 5.32 Å². The second-order valence-electron chi connectivity index (χ2n) is 3.78. The van der Waals surface area contributed by atoms with Gasteiger partial charge in [-0.15, -0.1) is 0 Å². The minimum absolute atomic E-state index is 0.180. The Hall–Kier alpha value is -1.24. The molecule has 0 aliphatic rings. The first kappa shape index (κ1) is 14.8. The molecule has 0 saturated carbocycles. The number of halogens is 6. The molecule has 1 aromatic carbocycles. The minimum Gasteiger partial charge on any atom is -0.301 e. The minimum atomic E-state index is -4.54. The van der Waals surface area contributed by atoms with E-state index in [2.05, 4.69) is 0 Å². The average molecular weight is 271 g/mol. The van der Waals surface area contributed by atoms with Crippen LogP contribution in [0.1, 0.15) is 18.0 Å². The Balaban J connectivity index is 2.76. The van der Waals surface area contributed by atoms with Crippen molar-refractivity contribution in [2.24, 2.45) is 0 Å². The highest BCUT2D eigenvalue weighted by Gasteiger charge is 2.35. The van der Waals surface area contributed by atoms with Crippen LogP contribution in [0.2, 0.25) is 0 Å². The zero-order chi connectivity index (χ0) is 13.8. The summed E-state index contributed by atoms with van der Waals surface area (Å²) in [5, 5.41) is 1.89. The van der Waals surface area contributed by atoms with Gasteiger partial charge in [0.2, 0.25) is 0 Å². The number of benzene rings is 1.